The zero-order valence-electron chi connectivity index (χ0n) is 11.0. The fourth-order valence-corrected chi connectivity index (χ4v) is 2.92. The third-order valence-corrected chi connectivity index (χ3v) is 4.16. The fraction of sp³-hybridized carbons (Fsp3) is 0.600. The smallest absolute Gasteiger partial charge is 0.0441 e. The lowest BCUT2D eigenvalue weighted by Crippen LogP contribution is -2.33. The molecule has 0 spiro atoms. The van der Waals surface area contributed by atoms with Crippen LogP contribution in [0.2, 0.25) is 5.02 Å². The number of hydrogen-bond acceptors (Lipinski definition) is 1. The van der Waals surface area contributed by atoms with Crippen LogP contribution in [0.25, 0.3) is 0 Å². The summed E-state index contributed by atoms with van der Waals surface area (Å²) < 4.78 is 0. The molecule has 0 bridgehead atoms. The minimum Gasteiger partial charge on any atom is -0.314 e. The van der Waals surface area contributed by atoms with Gasteiger partial charge >= 0.3 is 0 Å². The summed E-state index contributed by atoms with van der Waals surface area (Å²) in [6.07, 6.45) is 2.42. The van der Waals surface area contributed by atoms with Gasteiger partial charge in [-0.15, -0.1) is 0 Å². The minimum absolute atomic E-state index is 0.593. The molecule has 2 rings (SSSR count). The van der Waals surface area contributed by atoms with E-state index < -0.39 is 0 Å². The first kappa shape index (κ1) is 12.9. The second-order valence-electron chi connectivity index (χ2n) is 5.34. The van der Waals surface area contributed by atoms with Crippen LogP contribution in [0.15, 0.2) is 18.2 Å². The molecule has 1 N–H and O–H groups in total. The van der Waals surface area contributed by atoms with Crippen LogP contribution in [-0.2, 0) is 6.42 Å². The van der Waals surface area contributed by atoms with Crippen molar-refractivity contribution in [3.63, 3.8) is 0 Å². The van der Waals surface area contributed by atoms with Crippen LogP contribution < -0.4 is 5.32 Å². The Morgan fingerprint density at radius 2 is 2.18 bits per heavy atom. The second-order valence-corrected chi connectivity index (χ2v) is 5.75. The third-order valence-electron chi connectivity index (χ3n) is 3.80. The van der Waals surface area contributed by atoms with Crippen molar-refractivity contribution < 1.29 is 0 Å². The number of benzene rings is 1. The molecule has 17 heavy (non-hydrogen) atoms. The van der Waals surface area contributed by atoms with E-state index in [1.807, 2.05) is 0 Å². The van der Waals surface area contributed by atoms with E-state index in [0.29, 0.717) is 6.04 Å². The summed E-state index contributed by atoms with van der Waals surface area (Å²) in [5.41, 5.74) is 2.51. The average Bonchev–Trinajstić information content (AvgIpc) is 2.98. The Bertz CT molecular complexity index is 389. The Hall–Kier alpha value is -0.530. The molecule has 0 amide bonds. The molecule has 1 aliphatic carbocycles. The summed E-state index contributed by atoms with van der Waals surface area (Å²) in [4.78, 5) is 0. The summed E-state index contributed by atoms with van der Waals surface area (Å²) in [7, 11) is 0. The van der Waals surface area contributed by atoms with Gasteiger partial charge in [-0.25, -0.2) is 0 Å². The molecular formula is C15H22ClN. The molecule has 3 unspecified atom stereocenters. The Morgan fingerprint density at radius 1 is 1.47 bits per heavy atom. The predicted octanol–water partition coefficient (Wildman–Crippen LogP) is 3.83. The highest BCUT2D eigenvalue weighted by Crippen LogP contribution is 2.41. The lowest BCUT2D eigenvalue weighted by molar-refractivity contribution is 0.454. The van der Waals surface area contributed by atoms with Gasteiger partial charge in [-0.1, -0.05) is 37.6 Å². The highest BCUT2D eigenvalue weighted by atomic mass is 35.5. The lowest BCUT2D eigenvalue weighted by atomic mass is 10.00. The molecular weight excluding hydrogens is 230 g/mol. The minimum atomic E-state index is 0.593. The van der Waals surface area contributed by atoms with Crippen LogP contribution in [0.4, 0.5) is 0 Å². The number of nitrogens with one attached hydrogen (secondary N) is 1. The monoisotopic (exact) mass is 251 g/mol. The highest BCUT2D eigenvalue weighted by Gasteiger charge is 2.38. The van der Waals surface area contributed by atoms with Gasteiger partial charge in [0.15, 0.2) is 0 Å². The number of rotatable bonds is 5. The molecule has 0 heterocycles. The highest BCUT2D eigenvalue weighted by molar-refractivity contribution is 6.31. The molecule has 1 aromatic carbocycles. The quantitative estimate of drug-likeness (QED) is 0.839. The van der Waals surface area contributed by atoms with Crippen LogP contribution in [0.5, 0.6) is 0 Å². The molecule has 94 valence electrons. The maximum absolute atomic E-state index is 6.31. The number of hydrogen-bond donors (Lipinski definition) is 1. The third kappa shape index (κ3) is 3.23. The number of aryl methyl sites for hydroxylation is 1. The topological polar surface area (TPSA) is 12.0 Å². The van der Waals surface area contributed by atoms with Gasteiger partial charge in [-0.2, -0.15) is 0 Å². The van der Waals surface area contributed by atoms with E-state index in [1.54, 1.807) is 0 Å². The van der Waals surface area contributed by atoms with Crippen molar-refractivity contribution in [1.29, 1.82) is 0 Å². The molecule has 0 radical (unpaired) electrons. The number of likely N-dealkylation sites (N-methyl/N-ethyl adjacent to an activating group) is 1. The Labute approximate surface area is 110 Å². The van der Waals surface area contributed by atoms with Gasteiger partial charge in [-0.05, 0) is 55.3 Å². The first-order valence-electron chi connectivity index (χ1n) is 6.60. The van der Waals surface area contributed by atoms with Crippen LogP contribution in [0, 0.1) is 18.8 Å². The Morgan fingerprint density at radius 3 is 2.71 bits per heavy atom. The maximum atomic E-state index is 6.31. The molecule has 1 nitrogen and oxygen atoms in total. The Kier molecular flexibility index (Phi) is 4.11. The molecule has 2 heteroatoms. The van der Waals surface area contributed by atoms with E-state index >= 15 is 0 Å². The molecule has 1 aromatic rings. The van der Waals surface area contributed by atoms with Crippen molar-refractivity contribution in [2.45, 2.75) is 39.7 Å². The summed E-state index contributed by atoms with van der Waals surface area (Å²) in [5.74, 6) is 1.72. The molecule has 3 atom stereocenters. The van der Waals surface area contributed by atoms with Crippen LogP contribution in [0.1, 0.15) is 31.4 Å². The van der Waals surface area contributed by atoms with E-state index in [-0.39, 0.29) is 0 Å². The summed E-state index contributed by atoms with van der Waals surface area (Å²) in [5, 5.41) is 4.52. The average molecular weight is 252 g/mol. The van der Waals surface area contributed by atoms with Gasteiger partial charge in [0.25, 0.3) is 0 Å². The van der Waals surface area contributed by atoms with Crippen molar-refractivity contribution in [3.8, 4) is 0 Å². The van der Waals surface area contributed by atoms with Gasteiger partial charge in [0.1, 0.15) is 0 Å². The van der Waals surface area contributed by atoms with Gasteiger partial charge in [0, 0.05) is 11.1 Å². The van der Waals surface area contributed by atoms with E-state index in [9.17, 15) is 0 Å². The SMILES string of the molecule is CCNC(Cc1ccc(C)cc1Cl)C1CC1C. The van der Waals surface area contributed by atoms with Crippen molar-refractivity contribution in [2.24, 2.45) is 11.8 Å². The summed E-state index contributed by atoms with van der Waals surface area (Å²) >= 11 is 6.31. The maximum Gasteiger partial charge on any atom is 0.0441 e. The summed E-state index contributed by atoms with van der Waals surface area (Å²) in [6.45, 7) is 7.64. The van der Waals surface area contributed by atoms with Gasteiger partial charge in [-0.3, -0.25) is 0 Å². The lowest BCUT2D eigenvalue weighted by Gasteiger charge is -2.18. The van der Waals surface area contributed by atoms with Crippen molar-refractivity contribution in [1.82, 2.24) is 5.32 Å². The van der Waals surface area contributed by atoms with E-state index in [0.717, 1.165) is 29.8 Å². The molecule has 0 aromatic heterocycles. The first-order valence-corrected chi connectivity index (χ1v) is 6.98. The summed E-state index contributed by atoms with van der Waals surface area (Å²) in [6, 6.07) is 6.99. The molecule has 1 fully saturated rings. The Balaban J connectivity index is 2.06. The largest absolute Gasteiger partial charge is 0.314 e. The van der Waals surface area contributed by atoms with Gasteiger partial charge in [0.05, 0.1) is 0 Å². The molecule has 0 saturated heterocycles. The van der Waals surface area contributed by atoms with E-state index in [2.05, 4.69) is 44.3 Å². The standard InChI is InChI=1S/C15H22ClN/c1-4-17-15(13-8-11(13)3)9-12-6-5-10(2)7-14(12)16/h5-7,11,13,15,17H,4,8-9H2,1-3H3. The number of halogens is 1. The van der Waals surface area contributed by atoms with Crippen molar-refractivity contribution in [2.75, 3.05) is 6.54 Å². The van der Waals surface area contributed by atoms with Gasteiger partial charge in [0.2, 0.25) is 0 Å². The second kappa shape index (κ2) is 5.41. The van der Waals surface area contributed by atoms with Gasteiger partial charge < -0.3 is 5.32 Å². The van der Waals surface area contributed by atoms with Crippen LogP contribution >= 0.6 is 11.6 Å². The predicted molar refractivity (Wildman–Crippen MR) is 74.6 cm³/mol. The van der Waals surface area contributed by atoms with Crippen LogP contribution in [0.3, 0.4) is 0 Å². The van der Waals surface area contributed by atoms with E-state index in [4.69, 9.17) is 11.6 Å². The zero-order valence-corrected chi connectivity index (χ0v) is 11.7. The van der Waals surface area contributed by atoms with E-state index in [1.165, 1.54) is 17.5 Å². The van der Waals surface area contributed by atoms with Crippen molar-refractivity contribution in [3.05, 3.63) is 34.3 Å². The molecule has 1 saturated carbocycles. The van der Waals surface area contributed by atoms with Crippen LogP contribution in [-0.4, -0.2) is 12.6 Å². The molecule has 0 aliphatic heterocycles. The first-order chi connectivity index (χ1) is 8.11. The molecule has 1 aliphatic rings. The fourth-order valence-electron chi connectivity index (χ4n) is 2.60. The van der Waals surface area contributed by atoms with Crippen molar-refractivity contribution >= 4 is 11.6 Å². The normalized spacial score (nSPS) is 24.7. The zero-order chi connectivity index (χ0) is 12.4.